The maximum atomic E-state index is 12.1. The van der Waals surface area contributed by atoms with Gasteiger partial charge in [0.05, 0.1) is 23.8 Å². The summed E-state index contributed by atoms with van der Waals surface area (Å²) in [5, 5.41) is 10.7. The third-order valence-corrected chi connectivity index (χ3v) is 3.08. The van der Waals surface area contributed by atoms with Crippen molar-refractivity contribution in [2.45, 2.75) is 19.6 Å². The molecule has 1 aliphatic rings. The molecule has 0 aliphatic carbocycles. The smallest absolute Gasteiger partial charge is 0.285 e. The largest absolute Gasteiger partial charge is 0.375 e. The molecule has 0 radical (unpaired) electrons. The number of rotatable bonds is 3. The second-order valence-corrected chi connectivity index (χ2v) is 4.63. The van der Waals surface area contributed by atoms with E-state index in [4.69, 9.17) is 4.74 Å². The van der Waals surface area contributed by atoms with Crippen LogP contribution in [0, 0.1) is 10.1 Å². The molecule has 1 aromatic rings. The second-order valence-electron chi connectivity index (χ2n) is 4.63. The molecule has 1 aromatic heterocycles. The monoisotopic (exact) mass is 281 g/mol. The molecule has 2 heterocycles. The van der Waals surface area contributed by atoms with Crippen LogP contribution in [0.15, 0.2) is 23.1 Å². The number of amides is 1. The summed E-state index contributed by atoms with van der Waals surface area (Å²) in [6.45, 7) is 3.04. The minimum atomic E-state index is -0.600. The van der Waals surface area contributed by atoms with Crippen LogP contribution in [-0.2, 0) is 16.1 Å². The van der Waals surface area contributed by atoms with Gasteiger partial charge in [0, 0.05) is 25.2 Å². The van der Waals surface area contributed by atoms with Crippen molar-refractivity contribution >= 4 is 11.6 Å². The van der Waals surface area contributed by atoms with Gasteiger partial charge in [0.2, 0.25) is 5.91 Å². The molecule has 108 valence electrons. The van der Waals surface area contributed by atoms with Crippen molar-refractivity contribution in [1.82, 2.24) is 9.47 Å². The first-order chi connectivity index (χ1) is 9.47. The Bertz CT molecular complexity index is 583. The Morgan fingerprint density at radius 1 is 1.55 bits per heavy atom. The van der Waals surface area contributed by atoms with Crippen molar-refractivity contribution < 1.29 is 14.5 Å². The van der Waals surface area contributed by atoms with Gasteiger partial charge in [-0.05, 0) is 6.92 Å². The summed E-state index contributed by atoms with van der Waals surface area (Å²) in [7, 11) is 0. The summed E-state index contributed by atoms with van der Waals surface area (Å²) in [4.78, 5) is 35.4. The number of hydrogen-bond donors (Lipinski definition) is 0. The standard InChI is InChI=1S/C12H15N3O5/c1-9-6-13(4-5-20-9)12(17)8-14-7-10(15(18)19)2-3-11(14)16/h2-3,7,9H,4-6,8H2,1H3. The van der Waals surface area contributed by atoms with Gasteiger partial charge in [-0.2, -0.15) is 0 Å². The SMILES string of the molecule is CC1CN(C(=O)Cn2cc([N+](=O)[O-])ccc2=O)CCO1. The Kier molecular flexibility index (Phi) is 4.14. The lowest BCUT2D eigenvalue weighted by atomic mass is 10.3. The maximum absolute atomic E-state index is 12.1. The predicted octanol–water partition coefficient (Wildman–Crippen LogP) is 0.00380. The van der Waals surface area contributed by atoms with E-state index in [1.165, 1.54) is 0 Å². The van der Waals surface area contributed by atoms with Crippen LogP contribution in [0.3, 0.4) is 0 Å². The van der Waals surface area contributed by atoms with Gasteiger partial charge in [0.25, 0.3) is 11.2 Å². The molecular weight excluding hydrogens is 266 g/mol. The zero-order valence-corrected chi connectivity index (χ0v) is 11.0. The van der Waals surface area contributed by atoms with Crippen molar-refractivity contribution in [3.05, 3.63) is 38.8 Å². The minimum absolute atomic E-state index is 0.0467. The number of nitro groups is 1. The van der Waals surface area contributed by atoms with Crippen LogP contribution in [0.2, 0.25) is 0 Å². The van der Waals surface area contributed by atoms with Crippen LogP contribution in [0.4, 0.5) is 5.69 Å². The summed E-state index contributed by atoms with van der Waals surface area (Å²) in [5.74, 6) is -0.247. The fourth-order valence-electron chi connectivity index (χ4n) is 2.04. The number of nitrogens with zero attached hydrogens (tertiary/aromatic N) is 3. The van der Waals surface area contributed by atoms with Gasteiger partial charge in [0.15, 0.2) is 0 Å². The molecule has 0 spiro atoms. The zero-order chi connectivity index (χ0) is 14.7. The van der Waals surface area contributed by atoms with Gasteiger partial charge in [-0.1, -0.05) is 0 Å². The quantitative estimate of drug-likeness (QED) is 0.574. The molecule has 8 heteroatoms. The molecule has 1 atom stereocenters. The molecule has 1 aliphatic heterocycles. The van der Waals surface area contributed by atoms with Crippen LogP contribution in [0.1, 0.15) is 6.92 Å². The van der Waals surface area contributed by atoms with Crippen LogP contribution in [0.5, 0.6) is 0 Å². The maximum Gasteiger partial charge on any atom is 0.285 e. The van der Waals surface area contributed by atoms with E-state index in [2.05, 4.69) is 0 Å². The van der Waals surface area contributed by atoms with Crippen molar-refractivity contribution in [3.8, 4) is 0 Å². The van der Waals surface area contributed by atoms with Crippen LogP contribution < -0.4 is 5.56 Å². The van der Waals surface area contributed by atoms with Gasteiger partial charge in [-0.3, -0.25) is 24.3 Å². The topological polar surface area (TPSA) is 94.7 Å². The lowest BCUT2D eigenvalue weighted by Gasteiger charge is -2.31. The second kappa shape index (κ2) is 5.83. The predicted molar refractivity (Wildman–Crippen MR) is 69.4 cm³/mol. The van der Waals surface area contributed by atoms with Gasteiger partial charge in [-0.15, -0.1) is 0 Å². The fourth-order valence-corrected chi connectivity index (χ4v) is 2.04. The van der Waals surface area contributed by atoms with Gasteiger partial charge in [0.1, 0.15) is 6.54 Å². The molecule has 2 rings (SSSR count). The number of carbonyl (C=O) groups is 1. The van der Waals surface area contributed by atoms with Gasteiger partial charge in [-0.25, -0.2) is 0 Å². The number of carbonyl (C=O) groups excluding carboxylic acids is 1. The Labute approximate surface area is 114 Å². The van der Waals surface area contributed by atoms with E-state index < -0.39 is 10.5 Å². The minimum Gasteiger partial charge on any atom is -0.375 e. The highest BCUT2D eigenvalue weighted by Crippen LogP contribution is 2.08. The lowest BCUT2D eigenvalue weighted by molar-refractivity contribution is -0.385. The molecule has 1 saturated heterocycles. The molecule has 20 heavy (non-hydrogen) atoms. The van der Waals surface area contributed by atoms with E-state index in [9.17, 15) is 19.7 Å². The van der Waals surface area contributed by atoms with Crippen LogP contribution in [0.25, 0.3) is 0 Å². The summed E-state index contributed by atoms with van der Waals surface area (Å²) in [6, 6.07) is 2.22. The normalized spacial score (nSPS) is 18.9. The third kappa shape index (κ3) is 3.21. The zero-order valence-electron chi connectivity index (χ0n) is 11.0. The Morgan fingerprint density at radius 3 is 2.95 bits per heavy atom. The van der Waals surface area contributed by atoms with E-state index in [1.807, 2.05) is 6.92 Å². The number of ether oxygens (including phenoxy) is 1. The summed E-state index contributed by atoms with van der Waals surface area (Å²) >= 11 is 0. The van der Waals surface area contributed by atoms with E-state index in [0.717, 1.165) is 22.9 Å². The molecule has 1 unspecified atom stereocenters. The van der Waals surface area contributed by atoms with E-state index in [1.54, 1.807) is 4.90 Å². The van der Waals surface area contributed by atoms with Crippen molar-refractivity contribution in [3.63, 3.8) is 0 Å². The number of pyridine rings is 1. The van der Waals surface area contributed by atoms with Crippen molar-refractivity contribution in [2.24, 2.45) is 0 Å². The first-order valence-electron chi connectivity index (χ1n) is 6.21. The number of aromatic nitrogens is 1. The van der Waals surface area contributed by atoms with Gasteiger partial charge < -0.3 is 9.64 Å². The highest BCUT2D eigenvalue weighted by Gasteiger charge is 2.22. The number of hydrogen-bond acceptors (Lipinski definition) is 5. The molecular formula is C12H15N3O5. The summed E-state index contributed by atoms with van der Waals surface area (Å²) < 4.78 is 6.39. The molecule has 1 fully saturated rings. The first kappa shape index (κ1) is 14.2. The fraction of sp³-hybridized carbons (Fsp3) is 0.500. The lowest BCUT2D eigenvalue weighted by Crippen LogP contribution is -2.46. The van der Waals surface area contributed by atoms with Crippen molar-refractivity contribution in [1.29, 1.82) is 0 Å². The molecule has 0 saturated carbocycles. The van der Waals surface area contributed by atoms with Crippen molar-refractivity contribution in [2.75, 3.05) is 19.7 Å². The van der Waals surface area contributed by atoms with E-state index in [-0.39, 0.29) is 24.2 Å². The Balaban J connectivity index is 2.13. The molecule has 0 N–H and O–H groups in total. The molecule has 8 nitrogen and oxygen atoms in total. The Morgan fingerprint density at radius 2 is 2.30 bits per heavy atom. The third-order valence-electron chi connectivity index (χ3n) is 3.08. The average Bonchev–Trinajstić information content (AvgIpc) is 2.41. The number of morpholine rings is 1. The highest BCUT2D eigenvalue weighted by atomic mass is 16.6. The highest BCUT2D eigenvalue weighted by molar-refractivity contribution is 5.76. The molecule has 1 amide bonds. The summed E-state index contributed by atoms with van der Waals surface area (Å²) in [5.41, 5.74) is -0.655. The van der Waals surface area contributed by atoms with E-state index in [0.29, 0.717) is 19.7 Å². The molecule has 0 bridgehead atoms. The van der Waals surface area contributed by atoms with Crippen LogP contribution >= 0.6 is 0 Å². The molecule has 0 aromatic carbocycles. The first-order valence-corrected chi connectivity index (χ1v) is 6.21. The summed E-state index contributed by atoms with van der Waals surface area (Å²) in [6.07, 6.45) is 1.04. The average molecular weight is 281 g/mol. The van der Waals surface area contributed by atoms with Gasteiger partial charge >= 0.3 is 0 Å². The van der Waals surface area contributed by atoms with Crippen LogP contribution in [-0.4, -0.2) is 46.1 Å². The van der Waals surface area contributed by atoms with E-state index >= 15 is 0 Å². The Hall–Kier alpha value is -2.22.